The molecule has 5 nitrogen and oxygen atoms in total. The van der Waals surface area contributed by atoms with Crippen LogP contribution in [0.5, 0.6) is 17.2 Å². The molecule has 0 aliphatic heterocycles. The summed E-state index contributed by atoms with van der Waals surface area (Å²) in [6.07, 6.45) is 0. The molecule has 0 heterocycles. The fourth-order valence-corrected chi connectivity index (χ4v) is 2.13. The minimum Gasteiger partial charge on any atom is -0.493 e. The second-order valence-electron chi connectivity index (χ2n) is 4.28. The van der Waals surface area contributed by atoms with Gasteiger partial charge in [0.2, 0.25) is 0 Å². The SMILES string of the molecule is COc1cc(OC(C)=O)c2ccc(Cl)cc2c1OC(C)=O. The lowest BCUT2D eigenvalue weighted by atomic mass is 10.1. The maximum absolute atomic E-state index is 11.3. The van der Waals surface area contributed by atoms with Crippen molar-refractivity contribution < 1.29 is 23.8 Å². The topological polar surface area (TPSA) is 61.8 Å². The van der Waals surface area contributed by atoms with Crippen LogP contribution < -0.4 is 14.2 Å². The largest absolute Gasteiger partial charge is 0.493 e. The van der Waals surface area contributed by atoms with E-state index in [-0.39, 0.29) is 11.5 Å². The molecular formula is C15H13ClO5. The molecule has 0 aliphatic carbocycles. The summed E-state index contributed by atoms with van der Waals surface area (Å²) < 4.78 is 15.6. The summed E-state index contributed by atoms with van der Waals surface area (Å²) in [5, 5.41) is 1.57. The zero-order valence-electron chi connectivity index (χ0n) is 11.7. The zero-order chi connectivity index (χ0) is 15.6. The quantitative estimate of drug-likeness (QED) is 0.643. The lowest BCUT2D eigenvalue weighted by Crippen LogP contribution is -2.06. The Bertz CT molecular complexity index is 724. The van der Waals surface area contributed by atoms with Gasteiger partial charge < -0.3 is 14.2 Å². The molecule has 2 aromatic rings. The Hall–Kier alpha value is -2.27. The van der Waals surface area contributed by atoms with Crippen LogP contribution in [-0.2, 0) is 9.59 Å². The first kappa shape index (κ1) is 15.1. The second-order valence-corrected chi connectivity index (χ2v) is 4.72. The number of methoxy groups -OCH3 is 1. The van der Waals surface area contributed by atoms with Gasteiger partial charge in [0.05, 0.1) is 7.11 Å². The molecule has 0 saturated carbocycles. The Labute approximate surface area is 126 Å². The summed E-state index contributed by atoms with van der Waals surface area (Å²) in [5.74, 6) is -0.139. The lowest BCUT2D eigenvalue weighted by Gasteiger charge is -2.14. The van der Waals surface area contributed by atoms with Crippen molar-refractivity contribution in [1.82, 2.24) is 0 Å². The van der Waals surface area contributed by atoms with E-state index >= 15 is 0 Å². The van der Waals surface area contributed by atoms with Crippen LogP contribution in [0.3, 0.4) is 0 Å². The second kappa shape index (κ2) is 6.01. The van der Waals surface area contributed by atoms with E-state index in [0.717, 1.165) is 0 Å². The highest BCUT2D eigenvalue weighted by molar-refractivity contribution is 6.31. The molecule has 0 aliphatic rings. The van der Waals surface area contributed by atoms with Crippen LogP contribution in [0.2, 0.25) is 5.02 Å². The number of esters is 2. The Morgan fingerprint density at radius 2 is 1.62 bits per heavy atom. The van der Waals surface area contributed by atoms with Gasteiger partial charge in [0.1, 0.15) is 5.75 Å². The van der Waals surface area contributed by atoms with Crippen molar-refractivity contribution in [3.8, 4) is 17.2 Å². The van der Waals surface area contributed by atoms with Gasteiger partial charge in [-0.05, 0) is 18.2 Å². The predicted octanol–water partition coefficient (Wildman–Crippen LogP) is 3.35. The predicted molar refractivity (Wildman–Crippen MR) is 78.1 cm³/mol. The molecule has 0 radical (unpaired) electrons. The first-order valence-corrected chi connectivity index (χ1v) is 6.47. The van der Waals surface area contributed by atoms with Crippen LogP contribution >= 0.6 is 11.6 Å². The molecule has 0 N–H and O–H groups in total. The number of ether oxygens (including phenoxy) is 3. The summed E-state index contributed by atoms with van der Waals surface area (Å²) in [5.41, 5.74) is 0. The third kappa shape index (κ3) is 3.25. The summed E-state index contributed by atoms with van der Waals surface area (Å²) >= 11 is 5.99. The van der Waals surface area contributed by atoms with Crippen molar-refractivity contribution in [3.05, 3.63) is 29.3 Å². The molecule has 0 spiro atoms. The smallest absolute Gasteiger partial charge is 0.308 e. The van der Waals surface area contributed by atoms with Crippen LogP contribution in [0.25, 0.3) is 10.8 Å². The molecule has 0 amide bonds. The molecule has 21 heavy (non-hydrogen) atoms. The van der Waals surface area contributed by atoms with Gasteiger partial charge in [-0.1, -0.05) is 11.6 Å². The molecule has 2 rings (SSSR count). The molecular weight excluding hydrogens is 296 g/mol. The molecule has 6 heteroatoms. The first-order chi connectivity index (χ1) is 9.92. The Morgan fingerprint density at radius 1 is 0.952 bits per heavy atom. The summed E-state index contributed by atoms with van der Waals surface area (Å²) in [6.45, 7) is 2.59. The van der Waals surface area contributed by atoms with Gasteiger partial charge in [-0.25, -0.2) is 0 Å². The molecule has 2 aromatic carbocycles. The number of hydrogen-bond donors (Lipinski definition) is 0. The highest BCUT2D eigenvalue weighted by Crippen LogP contribution is 2.42. The molecule has 0 atom stereocenters. The van der Waals surface area contributed by atoms with Gasteiger partial charge in [-0.2, -0.15) is 0 Å². The maximum Gasteiger partial charge on any atom is 0.308 e. The van der Waals surface area contributed by atoms with E-state index < -0.39 is 11.9 Å². The van der Waals surface area contributed by atoms with E-state index in [1.807, 2.05) is 0 Å². The van der Waals surface area contributed by atoms with Crippen molar-refractivity contribution >= 4 is 34.3 Å². The van der Waals surface area contributed by atoms with Gasteiger partial charge in [0.25, 0.3) is 0 Å². The summed E-state index contributed by atoms with van der Waals surface area (Å²) in [6, 6.07) is 6.45. The van der Waals surface area contributed by atoms with Crippen molar-refractivity contribution in [2.24, 2.45) is 0 Å². The fourth-order valence-electron chi connectivity index (χ4n) is 1.95. The lowest BCUT2D eigenvalue weighted by molar-refractivity contribution is -0.133. The van der Waals surface area contributed by atoms with Gasteiger partial charge >= 0.3 is 11.9 Å². The monoisotopic (exact) mass is 308 g/mol. The minimum atomic E-state index is -0.491. The van der Waals surface area contributed by atoms with E-state index in [1.54, 1.807) is 18.2 Å². The maximum atomic E-state index is 11.3. The third-order valence-electron chi connectivity index (χ3n) is 2.70. The molecule has 0 unspecified atom stereocenters. The Balaban J connectivity index is 2.78. The van der Waals surface area contributed by atoms with Crippen LogP contribution in [0, 0.1) is 0 Å². The van der Waals surface area contributed by atoms with Crippen molar-refractivity contribution in [2.75, 3.05) is 7.11 Å². The van der Waals surface area contributed by atoms with E-state index in [1.165, 1.54) is 27.0 Å². The number of fused-ring (bicyclic) bond motifs is 1. The standard InChI is InChI=1S/C15H13ClO5/c1-8(17)20-13-7-14(19-3)15(21-9(2)18)12-6-10(16)4-5-11(12)13/h4-7H,1-3H3. The van der Waals surface area contributed by atoms with Gasteiger partial charge in [0.15, 0.2) is 11.5 Å². The Kier molecular flexibility index (Phi) is 4.33. The number of benzene rings is 2. The highest BCUT2D eigenvalue weighted by atomic mass is 35.5. The van der Waals surface area contributed by atoms with E-state index in [9.17, 15) is 9.59 Å². The van der Waals surface area contributed by atoms with Crippen LogP contribution in [0.4, 0.5) is 0 Å². The molecule has 0 aromatic heterocycles. The van der Waals surface area contributed by atoms with Gasteiger partial charge in [-0.3, -0.25) is 9.59 Å². The summed E-state index contributed by atoms with van der Waals surface area (Å²) in [7, 11) is 1.43. The number of halogens is 1. The first-order valence-electron chi connectivity index (χ1n) is 6.09. The number of hydrogen-bond acceptors (Lipinski definition) is 5. The van der Waals surface area contributed by atoms with E-state index in [0.29, 0.717) is 21.5 Å². The third-order valence-corrected chi connectivity index (χ3v) is 2.93. The van der Waals surface area contributed by atoms with Crippen LogP contribution in [0.1, 0.15) is 13.8 Å². The zero-order valence-corrected chi connectivity index (χ0v) is 12.5. The normalized spacial score (nSPS) is 10.3. The van der Waals surface area contributed by atoms with E-state index in [2.05, 4.69) is 0 Å². The average Bonchev–Trinajstić information content (AvgIpc) is 2.40. The number of carbonyl (C=O) groups is 2. The number of rotatable bonds is 3. The van der Waals surface area contributed by atoms with Crippen molar-refractivity contribution in [2.45, 2.75) is 13.8 Å². The van der Waals surface area contributed by atoms with Crippen LogP contribution in [0.15, 0.2) is 24.3 Å². The molecule has 0 bridgehead atoms. The van der Waals surface area contributed by atoms with Crippen molar-refractivity contribution in [3.63, 3.8) is 0 Å². The molecule has 110 valence electrons. The summed E-state index contributed by atoms with van der Waals surface area (Å²) in [4.78, 5) is 22.5. The van der Waals surface area contributed by atoms with Gasteiger partial charge in [-0.15, -0.1) is 0 Å². The Morgan fingerprint density at radius 3 is 2.19 bits per heavy atom. The highest BCUT2D eigenvalue weighted by Gasteiger charge is 2.18. The van der Waals surface area contributed by atoms with Crippen molar-refractivity contribution in [1.29, 1.82) is 0 Å². The minimum absolute atomic E-state index is 0.235. The molecule has 0 saturated heterocycles. The van der Waals surface area contributed by atoms with E-state index in [4.69, 9.17) is 25.8 Å². The van der Waals surface area contributed by atoms with Crippen LogP contribution in [-0.4, -0.2) is 19.0 Å². The fraction of sp³-hybridized carbons (Fsp3) is 0.200. The number of carbonyl (C=O) groups excluding carboxylic acids is 2. The molecule has 0 fully saturated rings. The average molecular weight is 309 g/mol. The van der Waals surface area contributed by atoms with Gasteiger partial charge in [0, 0.05) is 35.7 Å².